The Labute approximate surface area is 137 Å². The van der Waals surface area contributed by atoms with Crippen LogP contribution in [0, 0.1) is 11.7 Å². The molecule has 1 N–H and O–H groups in total. The van der Waals surface area contributed by atoms with Crippen LogP contribution in [0.2, 0.25) is 0 Å². The second kappa shape index (κ2) is 7.30. The van der Waals surface area contributed by atoms with Gasteiger partial charge in [-0.2, -0.15) is 0 Å². The topological polar surface area (TPSA) is 35.6 Å². The van der Waals surface area contributed by atoms with Gasteiger partial charge in [0.25, 0.3) is 5.91 Å². The third kappa shape index (κ3) is 3.66. The zero-order valence-electron chi connectivity index (χ0n) is 13.9. The fourth-order valence-corrected chi connectivity index (χ4v) is 3.74. The fraction of sp³-hybridized carbons (Fsp3) is 0.611. The average molecular weight is 319 g/mol. The van der Waals surface area contributed by atoms with Crippen molar-refractivity contribution in [3.8, 4) is 0 Å². The van der Waals surface area contributed by atoms with Crippen molar-refractivity contribution < 1.29 is 9.18 Å². The van der Waals surface area contributed by atoms with E-state index in [0.29, 0.717) is 17.2 Å². The normalized spacial score (nSPS) is 21.7. The minimum absolute atomic E-state index is 0.0438. The first-order valence-corrected chi connectivity index (χ1v) is 8.67. The van der Waals surface area contributed by atoms with E-state index >= 15 is 0 Å². The summed E-state index contributed by atoms with van der Waals surface area (Å²) >= 11 is 0. The number of hydrogen-bond acceptors (Lipinski definition) is 3. The maximum Gasteiger partial charge on any atom is 0.253 e. The van der Waals surface area contributed by atoms with Crippen LogP contribution in [0.3, 0.4) is 0 Å². The Morgan fingerprint density at radius 3 is 2.74 bits per heavy atom. The molecule has 0 aromatic heterocycles. The molecule has 0 bridgehead atoms. The van der Waals surface area contributed by atoms with Gasteiger partial charge in [-0.05, 0) is 63.4 Å². The van der Waals surface area contributed by atoms with Crippen LogP contribution >= 0.6 is 0 Å². The molecular weight excluding hydrogens is 293 g/mol. The molecule has 2 saturated heterocycles. The van der Waals surface area contributed by atoms with Crippen LogP contribution in [0.4, 0.5) is 10.1 Å². The summed E-state index contributed by atoms with van der Waals surface area (Å²) in [5.74, 6) is 0.172. The summed E-state index contributed by atoms with van der Waals surface area (Å²) in [6, 6.07) is 4.96. The third-order valence-electron chi connectivity index (χ3n) is 4.94. The van der Waals surface area contributed by atoms with E-state index in [9.17, 15) is 9.18 Å². The molecule has 0 radical (unpaired) electrons. The van der Waals surface area contributed by atoms with E-state index in [1.54, 1.807) is 12.1 Å². The summed E-state index contributed by atoms with van der Waals surface area (Å²) < 4.78 is 14.4. The molecule has 1 aromatic carbocycles. The number of piperidine rings is 1. The minimum atomic E-state index is -0.276. The molecule has 0 aliphatic carbocycles. The lowest BCUT2D eigenvalue weighted by atomic mass is 9.97. The third-order valence-corrected chi connectivity index (χ3v) is 4.94. The van der Waals surface area contributed by atoms with Gasteiger partial charge < -0.3 is 15.1 Å². The van der Waals surface area contributed by atoms with E-state index in [1.165, 1.54) is 6.07 Å². The first-order valence-electron chi connectivity index (χ1n) is 8.67. The summed E-state index contributed by atoms with van der Waals surface area (Å²) in [6.07, 6.45) is 4.39. The van der Waals surface area contributed by atoms with Crippen LogP contribution in [-0.2, 0) is 0 Å². The second-order valence-corrected chi connectivity index (χ2v) is 6.68. The summed E-state index contributed by atoms with van der Waals surface area (Å²) in [6.45, 7) is 4.26. The first kappa shape index (κ1) is 16.2. The highest BCUT2D eigenvalue weighted by atomic mass is 19.1. The molecule has 5 heteroatoms. The van der Waals surface area contributed by atoms with Crippen molar-refractivity contribution in [2.45, 2.75) is 25.7 Å². The van der Waals surface area contributed by atoms with Crippen molar-refractivity contribution >= 4 is 11.6 Å². The Morgan fingerprint density at radius 1 is 1.26 bits per heavy atom. The largest absolute Gasteiger partial charge is 0.369 e. The van der Waals surface area contributed by atoms with E-state index < -0.39 is 0 Å². The Balaban J connectivity index is 1.70. The summed E-state index contributed by atoms with van der Waals surface area (Å²) in [7, 11) is 1.94. The van der Waals surface area contributed by atoms with Crippen molar-refractivity contribution in [2.75, 3.05) is 44.7 Å². The molecule has 1 amide bonds. The van der Waals surface area contributed by atoms with Crippen molar-refractivity contribution in [2.24, 2.45) is 5.92 Å². The number of carbonyl (C=O) groups excluding carboxylic acids is 1. The number of carbonyl (C=O) groups is 1. The highest BCUT2D eigenvalue weighted by Gasteiger charge is 2.25. The molecule has 0 saturated carbocycles. The molecule has 4 nitrogen and oxygen atoms in total. The Morgan fingerprint density at radius 2 is 2.04 bits per heavy atom. The molecule has 2 heterocycles. The van der Waals surface area contributed by atoms with Crippen LogP contribution in [-0.4, -0.2) is 50.6 Å². The summed E-state index contributed by atoms with van der Waals surface area (Å²) in [5.41, 5.74) is 1.10. The molecule has 0 spiro atoms. The number of likely N-dealkylation sites (tertiary alicyclic amines) is 1. The number of halogens is 1. The quantitative estimate of drug-likeness (QED) is 0.926. The predicted molar refractivity (Wildman–Crippen MR) is 90.4 cm³/mol. The van der Waals surface area contributed by atoms with E-state index in [1.807, 2.05) is 11.9 Å². The van der Waals surface area contributed by atoms with Crippen LogP contribution in [0.1, 0.15) is 36.0 Å². The number of hydrogen-bond donors (Lipinski definition) is 1. The zero-order chi connectivity index (χ0) is 16.2. The Hall–Kier alpha value is -1.62. The maximum absolute atomic E-state index is 14.4. The van der Waals surface area contributed by atoms with Gasteiger partial charge in [0.1, 0.15) is 5.82 Å². The van der Waals surface area contributed by atoms with E-state index in [-0.39, 0.29) is 11.7 Å². The lowest BCUT2D eigenvalue weighted by Gasteiger charge is -2.33. The van der Waals surface area contributed by atoms with Gasteiger partial charge in [-0.1, -0.05) is 0 Å². The van der Waals surface area contributed by atoms with Crippen molar-refractivity contribution in [1.29, 1.82) is 0 Å². The highest BCUT2D eigenvalue weighted by molar-refractivity contribution is 5.94. The van der Waals surface area contributed by atoms with Crippen molar-refractivity contribution in [3.05, 3.63) is 29.6 Å². The van der Waals surface area contributed by atoms with Gasteiger partial charge >= 0.3 is 0 Å². The fourth-order valence-electron chi connectivity index (χ4n) is 3.74. The molecule has 2 fully saturated rings. The van der Waals surface area contributed by atoms with Crippen LogP contribution < -0.4 is 10.2 Å². The minimum Gasteiger partial charge on any atom is -0.369 e. The standard InChI is InChI=1S/C18H26FN3O/c1-20-12-14-5-4-10-22(13-14)18(23)15-6-7-17(16(19)11-15)21-8-2-3-9-21/h6-7,11,14,20H,2-5,8-10,12-13H2,1H3/t14-/m1/s1. The van der Waals surface area contributed by atoms with E-state index in [4.69, 9.17) is 0 Å². The van der Waals surface area contributed by atoms with Gasteiger partial charge in [-0.25, -0.2) is 4.39 Å². The second-order valence-electron chi connectivity index (χ2n) is 6.68. The number of amides is 1. The molecule has 126 valence electrons. The lowest BCUT2D eigenvalue weighted by molar-refractivity contribution is 0.0674. The lowest BCUT2D eigenvalue weighted by Crippen LogP contribution is -2.42. The number of nitrogens with zero attached hydrogens (tertiary/aromatic N) is 2. The summed E-state index contributed by atoms with van der Waals surface area (Å²) in [4.78, 5) is 16.6. The van der Waals surface area contributed by atoms with Crippen molar-refractivity contribution in [3.63, 3.8) is 0 Å². The van der Waals surface area contributed by atoms with Gasteiger partial charge in [0.2, 0.25) is 0 Å². The van der Waals surface area contributed by atoms with Crippen LogP contribution in [0.5, 0.6) is 0 Å². The molecule has 0 unspecified atom stereocenters. The molecule has 1 aromatic rings. The number of rotatable bonds is 4. The molecule has 2 aliphatic rings. The average Bonchev–Trinajstić information content (AvgIpc) is 3.09. The smallest absolute Gasteiger partial charge is 0.253 e. The number of nitrogens with one attached hydrogen (secondary N) is 1. The molecular formula is C18H26FN3O. The van der Waals surface area contributed by atoms with Gasteiger partial charge in [0, 0.05) is 31.7 Å². The van der Waals surface area contributed by atoms with Gasteiger partial charge in [0.05, 0.1) is 5.69 Å². The summed E-state index contributed by atoms with van der Waals surface area (Å²) in [5, 5.41) is 3.18. The van der Waals surface area contributed by atoms with Crippen LogP contribution in [0.15, 0.2) is 18.2 Å². The van der Waals surface area contributed by atoms with E-state index in [2.05, 4.69) is 10.2 Å². The van der Waals surface area contributed by atoms with Crippen LogP contribution in [0.25, 0.3) is 0 Å². The number of anilines is 1. The predicted octanol–water partition coefficient (Wildman–Crippen LogP) is 2.50. The molecule has 23 heavy (non-hydrogen) atoms. The molecule has 1 atom stereocenters. The highest BCUT2D eigenvalue weighted by Crippen LogP contribution is 2.25. The van der Waals surface area contributed by atoms with Crippen molar-refractivity contribution in [1.82, 2.24) is 10.2 Å². The Bertz CT molecular complexity index is 555. The Kier molecular flexibility index (Phi) is 5.16. The molecule has 3 rings (SSSR count). The van der Waals surface area contributed by atoms with E-state index in [0.717, 1.165) is 58.4 Å². The van der Waals surface area contributed by atoms with Gasteiger partial charge in [-0.15, -0.1) is 0 Å². The monoisotopic (exact) mass is 319 g/mol. The number of benzene rings is 1. The molecule has 2 aliphatic heterocycles. The van der Waals surface area contributed by atoms with Gasteiger partial charge in [-0.3, -0.25) is 4.79 Å². The van der Waals surface area contributed by atoms with Gasteiger partial charge in [0.15, 0.2) is 0 Å². The first-order chi connectivity index (χ1) is 11.2. The SMILES string of the molecule is CNC[C@H]1CCCN(C(=O)c2ccc(N3CCCC3)c(F)c2)C1. The zero-order valence-corrected chi connectivity index (χ0v) is 13.9. The maximum atomic E-state index is 14.4.